The maximum Gasteiger partial charge on any atom is 0.0408 e. The van der Waals surface area contributed by atoms with E-state index in [2.05, 4.69) is 70.1 Å². The summed E-state index contributed by atoms with van der Waals surface area (Å²) in [6.45, 7) is 13.3. The number of likely N-dealkylation sites (N-methyl/N-ethyl adjacent to an activating group) is 1. The van der Waals surface area contributed by atoms with E-state index in [9.17, 15) is 0 Å². The second kappa shape index (κ2) is 7.54. The van der Waals surface area contributed by atoms with Gasteiger partial charge in [0.2, 0.25) is 0 Å². The summed E-state index contributed by atoms with van der Waals surface area (Å²) >= 11 is 0. The van der Waals surface area contributed by atoms with E-state index in [1.54, 1.807) is 0 Å². The van der Waals surface area contributed by atoms with Crippen molar-refractivity contribution in [2.24, 2.45) is 5.92 Å². The van der Waals surface area contributed by atoms with Gasteiger partial charge in [-0.3, -0.25) is 0 Å². The number of nitrogens with one attached hydrogen (secondary N) is 1. The number of nitrogens with zero attached hydrogens (tertiary/aromatic N) is 1. The average molecular weight is 262 g/mol. The van der Waals surface area contributed by atoms with Crippen LogP contribution in [0.3, 0.4) is 0 Å². The fourth-order valence-corrected chi connectivity index (χ4v) is 2.46. The SMILES string of the molecule is CCC(CNCC(C)C)N(C)c1cc(C)cc(C)c1. The highest BCUT2D eigenvalue weighted by atomic mass is 15.2. The third-order valence-electron chi connectivity index (χ3n) is 3.57. The molecular formula is C17H30N2. The summed E-state index contributed by atoms with van der Waals surface area (Å²) in [5.41, 5.74) is 4.01. The molecular weight excluding hydrogens is 232 g/mol. The van der Waals surface area contributed by atoms with E-state index in [1.165, 1.54) is 16.8 Å². The minimum Gasteiger partial charge on any atom is -0.370 e. The lowest BCUT2D eigenvalue weighted by molar-refractivity contribution is 0.495. The first-order valence-electron chi connectivity index (χ1n) is 7.45. The Labute approximate surface area is 119 Å². The van der Waals surface area contributed by atoms with Crippen molar-refractivity contribution in [3.63, 3.8) is 0 Å². The summed E-state index contributed by atoms with van der Waals surface area (Å²) in [5, 5.41) is 3.57. The summed E-state index contributed by atoms with van der Waals surface area (Å²) in [6, 6.07) is 7.34. The van der Waals surface area contributed by atoms with Crippen LogP contribution in [-0.2, 0) is 0 Å². The van der Waals surface area contributed by atoms with E-state index in [0.29, 0.717) is 12.0 Å². The van der Waals surface area contributed by atoms with Gasteiger partial charge in [-0.15, -0.1) is 0 Å². The molecule has 1 rings (SSSR count). The molecule has 0 fully saturated rings. The first-order chi connectivity index (χ1) is 8.93. The van der Waals surface area contributed by atoms with Gasteiger partial charge in [0, 0.05) is 25.3 Å². The number of hydrogen-bond donors (Lipinski definition) is 1. The van der Waals surface area contributed by atoms with E-state index >= 15 is 0 Å². The van der Waals surface area contributed by atoms with Crippen LogP contribution in [0.5, 0.6) is 0 Å². The van der Waals surface area contributed by atoms with Gasteiger partial charge in [0.1, 0.15) is 0 Å². The molecule has 0 heterocycles. The number of benzene rings is 1. The minimum atomic E-state index is 0.556. The predicted octanol–water partition coefficient (Wildman–Crippen LogP) is 3.76. The number of rotatable bonds is 7. The molecule has 0 bridgehead atoms. The lowest BCUT2D eigenvalue weighted by Crippen LogP contribution is -2.40. The van der Waals surface area contributed by atoms with Crippen LogP contribution < -0.4 is 10.2 Å². The quantitative estimate of drug-likeness (QED) is 0.805. The van der Waals surface area contributed by atoms with E-state index in [4.69, 9.17) is 0 Å². The minimum absolute atomic E-state index is 0.556. The van der Waals surface area contributed by atoms with E-state index in [-0.39, 0.29) is 0 Å². The Morgan fingerprint density at radius 2 is 1.63 bits per heavy atom. The zero-order valence-corrected chi connectivity index (χ0v) is 13.5. The van der Waals surface area contributed by atoms with Gasteiger partial charge in [-0.25, -0.2) is 0 Å². The van der Waals surface area contributed by atoms with Crippen molar-refractivity contribution >= 4 is 5.69 Å². The van der Waals surface area contributed by atoms with Crippen LogP contribution in [0.4, 0.5) is 5.69 Å². The molecule has 0 radical (unpaired) electrons. The Kier molecular flexibility index (Phi) is 6.36. The first kappa shape index (κ1) is 16.0. The zero-order valence-electron chi connectivity index (χ0n) is 13.5. The van der Waals surface area contributed by atoms with Crippen LogP contribution in [-0.4, -0.2) is 26.2 Å². The molecule has 1 atom stereocenters. The van der Waals surface area contributed by atoms with Gasteiger partial charge in [0.25, 0.3) is 0 Å². The topological polar surface area (TPSA) is 15.3 Å². The highest BCUT2D eigenvalue weighted by molar-refractivity contribution is 5.51. The Bertz CT molecular complexity index is 365. The summed E-state index contributed by atoms with van der Waals surface area (Å²) in [6.07, 6.45) is 1.16. The fourth-order valence-electron chi connectivity index (χ4n) is 2.46. The summed E-state index contributed by atoms with van der Waals surface area (Å²) in [7, 11) is 2.21. The molecule has 2 heteroatoms. The van der Waals surface area contributed by atoms with Gasteiger partial charge in [0.15, 0.2) is 0 Å². The summed E-state index contributed by atoms with van der Waals surface area (Å²) in [5.74, 6) is 0.712. The summed E-state index contributed by atoms with van der Waals surface area (Å²) < 4.78 is 0. The average Bonchev–Trinajstić information content (AvgIpc) is 2.32. The molecule has 0 saturated heterocycles. The third-order valence-corrected chi connectivity index (χ3v) is 3.57. The molecule has 0 aliphatic rings. The van der Waals surface area contributed by atoms with Crippen molar-refractivity contribution in [3.8, 4) is 0 Å². The highest BCUT2D eigenvalue weighted by Gasteiger charge is 2.13. The maximum absolute atomic E-state index is 3.57. The fraction of sp³-hybridized carbons (Fsp3) is 0.647. The Balaban J connectivity index is 2.68. The first-order valence-corrected chi connectivity index (χ1v) is 7.45. The Morgan fingerprint density at radius 3 is 2.11 bits per heavy atom. The molecule has 108 valence electrons. The molecule has 1 aromatic carbocycles. The second-order valence-electron chi connectivity index (χ2n) is 6.07. The monoisotopic (exact) mass is 262 g/mol. The van der Waals surface area contributed by atoms with Gasteiger partial charge in [-0.1, -0.05) is 26.8 Å². The number of anilines is 1. The van der Waals surface area contributed by atoms with E-state index < -0.39 is 0 Å². The predicted molar refractivity (Wildman–Crippen MR) is 86.1 cm³/mol. The van der Waals surface area contributed by atoms with Crippen molar-refractivity contribution in [2.45, 2.75) is 47.1 Å². The van der Waals surface area contributed by atoms with Crippen LogP contribution in [0.25, 0.3) is 0 Å². The zero-order chi connectivity index (χ0) is 14.4. The molecule has 2 nitrogen and oxygen atoms in total. The largest absolute Gasteiger partial charge is 0.370 e. The normalized spacial score (nSPS) is 12.8. The maximum atomic E-state index is 3.57. The molecule has 0 saturated carbocycles. The smallest absolute Gasteiger partial charge is 0.0408 e. The van der Waals surface area contributed by atoms with Gasteiger partial charge in [0.05, 0.1) is 0 Å². The molecule has 0 aliphatic carbocycles. The Morgan fingerprint density at radius 1 is 1.05 bits per heavy atom. The second-order valence-corrected chi connectivity index (χ2v) is 6.07. The molecule has 0 amide bonds. The van der Waals surface area contributed by atoms with Gasteiger partial charge >= 0.3 is 0 Å². The van der Waals surface area contributed by atoms with Crippen LogP contribution in [0.2, 0.25) is 0 Å². The van der Waals surface area contributed by atoms with Gasteiger partial charge < -0.3 is 10.2 Å². The molecule has 0 aliphatic heterocycles. The molecule has 0 aromatic heterocycles. The molecule has 1 N–H and O–H groups in total. The number of hydrogen-bond acceptors (Lipinski definition) is 2. The van der Waals surface area contributed by atoms with Crippen LogP contribution in [0, 0.1) is 19.8 Å². The van der Waals surface area contributed by atoms with Crippen molar-refractivity contribution < 1.29 is 0 Å². The number of aryl methyl sites for hydroxylation is 2. The Hall–Kier alpha value is -1.02. The molecule has 0 spiro atoms. The van der Waals surface area contributed by atoms with Crippen LogP contribution in [0.15, 0.2) is 18.2 Å². The molecule has 1 aromatic rings. The molecule has 1 unspecified atom stereocenters. The van der Waals surface area contributed by atoms with E-state index in [0.717, 1.165) is 19.5 Å². The van der Waals surface area contributed by atoms with Crippen LogP contribution in [0.1, 0.15) is 38.3 Å². The van der Waals surface area contributed by atoms with Crippen molar-refractivity contribution in [1.82, 2.24) is 5.32 Å². The van der Waals surface area contributed by atoms with Crippen molar-refractivity contribution in [3.05, 3.63) is 29.3 Å². The van der Waals surface area contributed by atoms with E-state index in [1.807, 2.05) is 0 Å². The third kappa shape index (κ3) is 5.23. The lowest BCUT2D eigenvalue weighted by Gasteiger charge is -2.30. The van der Waals surface area contributed by atoms with Crippen molar-refractivity contribution in [1.29, 1.82) is 0 Å². The van der Waals surface area contributed by atoms with Gasteiger partial charge in [-0.2, -0.15) is 0 Å². The summed E-state index contributed by atoms with van der Waals surface area (Å²) in [4.78, 5) is 2.41. The standard InChI is InChI=1S/C17H30N2/c1-7-16(12-18-11-13(2)3)19(6)17-9-14(4)8-15(5)10-17/h8-10,13,16,18H,7,11-12H2,1-6H3. The van der Waals surface area contributed by atoms with Crippen molar-refractivity contribution in [2.75, 3.05) is 25.0 Å². The van der Waals surface area contributed by atoms with Crippen LogP contribution >= 0.6 is 0 Å². The van der Waals surface area contributed by atoms with Gasteiger partial charge in [-0.05, 0) is 56.0 Å². The molecule has 19 heavy (non-hydrogen) atoms. The highest BCUT2D eigenvalue weighted by Crippen LogP contribution is 2.20. The lowest BCUT2D eigenvalue weighted by atomic mass is 10.1.